The Hall–Kier alpha value is -0.450. The third kappa shape index (κ3) is 1.52. The molecule has 3 saturated carbocycles. The molecule has 1 saturated heterocycles. The van der Waals surface area contributed by atoms with Gasteiger partial charge in [-0.2, -0.15) is 4.89 Å². The molecular formula is C18H28O4. The second-order valence-corrected chi connectivity index (χ2v) is 8.83. The SMILES string of the molecule is CC(C)[C@H]1CC[C@]2(C)CC[C@]34C[C@]12OO[C@]3(O)CCCC4=O. The first-order chi connectivity index (χ1) is 10.3. The van der Waals surface area contributed by atoms with E-state index in [0.29, 0.717) is 37.5 Å². The summed E-state index contributed by atoms with van der Waals surface area (Å²) >= 11 is 0. The van der Waals surface area contributed by atoms with Crippen LogP contribution >= 0.6 is 0 Å². The largest absolute Gasteiger partial charge is 0.362 e. The lowest BCUT2D eigenvalue weighted by Gasteiger charge is -2.64. The Morgan fingerprint density at radius 1 is 1.18 bits per heavy atom. The van der Waals surface area contributed by atoms with Gasteiger partial charge in [-0.15, -0.1) is 0 Å². The van der Waals surface area contributed by atoms with Crippen LogP contribution in [0.5, 0.6) is 0 Å². The molecule has 4 rings (SSSR count). The number of carbonyl (C=O) groups is 1. The Morgan fingerprint density at radius 2 is 1.95 bits per heavy atom. The Kier molecular flexibility index (Phi) is 2.98. The number of ketones is 1. The molecule has 2 bridgehead atoms. The number of hydrogen-bond acceptors (Lipinski definition) is 4. The molecule has 2 spiro atoms. The maximum absolute atomic E-state index is 12.8. The predicted molar refractivity (Wildman–Crippen MR) is 80.7 cm³/mol. The van der Waals surface area contributed by atoms with Gasteiger partial charge in [0.25, 0.3) is 0 Å². The summed E-state index contributed by atoms with van der Waals surface area (Å²) in [5.41, 5.74) is -1.08. The minimum absolute atomic E-state index is 0.0617. The van der Waals surface area contributed by atoms with Gasteiger partial charge in [-0.25, -0.2) is 4.89 Å². The molecule has 4 aliphatic rings. The predicted octanol–water partition coefficient (Wildman–Crippen LogP) is 3.37. The molecule has 0 aromatic carbocycles. The van der Waals surface area contributed by atoms with Gasteiger partial charge in [-0.1, -0.05) is 20.8 Å². The summed E-state index contributed by atoms with van der Waals surface area (Å²) in [6, 6.07) is 0. The van der Waals surface area contributed by atoms with Gasteiger partial charge >= 0.3 is 0 Å². The van der Waals surface area contributed by atoms with Gasteiger partial charge in [0.2, 0.25) is 5.79 Å². The first-order valence-corrected chi connectivity index (χ1v) is 8.91. The van der Waals surface area contributed by atoms with E-state index in [2.05, 4.69) is 20.8 Å². The molecule has 0 unspecified atom stereocenters. The maximum Gasteiger partial charge on any atom is 0.211 e. The first kappa shape index (κ1) is 15.1. The summed E-state index contributed by atoms with van der Waals surface area (Å²) in [6.07, 6.45) is 6.38. The average Bonchev–Trinajstić information content (AvgIpc) is 2.75. The summed E-state index contributed by atoms with van der Waals surface area (Å²) in [5, 5.41) is 11.0. The first-order valence-electron chi connectivity index (χ1n) is 8.91. The Morgan fingerprint density at radius 3 is 2.68 bits per heavy atom. The topological polar surface area (TPSA) is 55.8 Å². The van der Waals surface area contributed by atoms with Crippen LogP contribution in [0.15, 0.2) is 0 Å². The highest BCUT2D eigenvalue weighted by atomic mass is 17.2. The molecule has 1 aliphatic heterocycles. The molecular weight excluding hydrogens is 280 g/mol. The van der Waals surface area contributed by atoms with Crippen LogP contribution in [0, 0.1) is 22.7 Å². The Labute approximate surface area is 132 Å². The van der Waals surface area contributed by atoms with Crippen LogP contribution in [0.25, 0.3) is 0 Å². The van der Waals surface area contributed by atoms with Gasteiger partial charge in [0, 0.05) is 18.3 Å². The molecule has 124 valence electrons. The van der Waals surface area contributed by atoms with E-state index in [1.165, 1.54) is 0 Å². The number of hydrogen-bond donors (Lipinski definition) is 1. The Balaban J connectivity index is 1.82. The molecule has 0 aromatic heterocycles. The van der Waals surface area contributed by atoms with Crippen molar-refractivity contribution in [3.63, 3.8) is 0 Å². The zero-order valence-electron chi connectivity index (χ0n) is 14.0. The Bertz CT molecular complexity index is 517. The lowest BCUT2D eigenvalue weighted by atomic mass is 9.49. The van der Waals surface area contributed by atoms with Crippen molar-refractivity contribution in [3.05, 3.63) is 0 Å². The van der Waals surface area contributed by atoms with Crippen molar-refractivity contribution in [3.8, 4) is 0 Å². The third-order valence-corrected chi connectivity index (χ3v) is 7.63. The molecule has 4 fully saturated rings. The van der Waals surface area contributed by atoms with E-state index in [9.17, 15) is 9.90 Å². The van der Waals surface area contributed by atoms with Crippen molar-refractivity contribution in [2.24, 2.45) is 22.7 Å². The summed E-state index contributed by atoms with van der Waals surface area (Å²) in [5.74, 6) is -0.321. The average molecular weight is 308 g/mol. The van der Waals surface area contributed by atoms with Gasteiger partial charge in [0.15, 0.2) is 0 Å². The quantitative estimate of drug-likeness (QED) is 0.755. The van der Waals surface area contributed by atoms with E-state index >= 15 is 0 Å². The minimum atomic E-state index is -1.40. The normalized spacial score (nSPS) is 54.2. The zero-order chi connectivity index (χ0) is 15.8. The van der Waals surface area contributed by atoms with Crippen LogP contribution in [0.3, 0.4) is 0 Å². The van der Waals surface area contributed by atoms with Gasteiger partial charge in [-0.3, -0.25) is 4.79 Å². The fraction of sp³-hybridized carbons (Fsp3) is 0.944. The molecule has 4 heteroatoms. The second-order valence-electron chi connectivity index (χ2n) is 8.83. The van der Waals surface area contributed by atoms with E-state index < -0.39 is 16.8 Å². The number of Topliss-reactive ketones (excluding diaryl/α,β-unsaturated/α-hetero) is 1. The van der Waals surface area contributed by atoms with E-state index in [0.717, 1.165) is 25.7 Å². The van der Waals surface area contributed by atoms with Crippen LogP contribution in [0.4, 0.5) is 0 Å². The monoisotopic (exact) mass is 308 g/mol. The van der Waals surface area contributed by atoms with Crippen molar-refractivity contribution >= 4 is 5.78 Å². The zero-order valence-corrected chi connectivity index (χ0v) is 14.0. The van der Waals surface area contributed by atoms with Crippen molar-refractivity contribution < 1.29 is 19.7 Å². The van der Waals surface area contributed by atoms with Crippen LogP contribution in [-0.2, 0) is 14.6 Å². The van der Waals surface area contributed by atoms with Crippen molar-refractivity contribution in [2.75, 3.05) is 0 Å². The highest BCUT2D eigenvalue weighted by Gasteiger charge is 2.75. The standard InChI is InChI=1S/C18H28O4/c1-12(2)13-6-8-15(3)9-10-16-11-17(13,15)21-22-18(16,20)7-4-5-14(16)19/h12-13,20H,4-11H2,1-3H3/t13-,15-,16-,17+,18-/m1/s1. The van der Waals surface area contributed by atoms with Crippen LogP contribution < -0.4 is 0 Å². The summed E-state index contributed by atoms with van der Waals surface area (Å²) in [7, 11) is 0. The fourth-order valence-corrected chi connectivity index (χ4v) is 6.16. The highest BCUT2D eigenvalue weighted by molar-refractivity contribution is 5.87. The summed E-state index contributed by atoms with van der Waals surface area (Å²) in [6.45, 7) is 6.77. The molecule has 22 heavy (non-hydrogen) atoms. The number of aliphatic hydroxyl groups is 1. The van der Waals surface area contributed by atoms with Crippen molar-refractivity contribution in [1.29, 1.82) is 0 Å². The van der Waals surface area contributed by atoms with Crippen molar-refractivity contribution in [2.45, 2.75) is 83.5 Å². The summed E-state index contributed by atoms with van der Waals surface area (Å²) < 4.78 is 0. The fourth-order valence-electron chi connectivity index (χ4n) is 6.16. The molecule has 5 atom stereocenters. The highest BCUT2D eigenvalue weighted by Crippen LogP contribution is 2.70. The second kappa shape index (κ2) is 4.34. The van der Waals surface area contributed by atoms with E-state index in [1.54, 1.807) is 0 Å². The number of carbonyl (C=O) groups excluding carboxylic acids is 1. The van der Waals surface area contributed by atoms with E-state index in [4.69, 9.17) is 9.78 Å². The van der Waals surface area contributed by atoms with Gasteiger partial charge in [0.1, 0.15) is 11.4 Å². The minimum Gasteiger partial charge on any atom is -0.362 e. The van der Waals surface area contributed by atoms with Gasteiger partial charge in [-0.05, 0) is 50.4 Å². The smallest absolute Gasteiger partial charge is 0.211 e. The van der Waals surface area contributed by atoms with Crippen LogP contribution in [0.2, 0.25) is 0 Å². The van der Waals surface area contributed by atoms with Gasteiger partial charge < -0.3 is 5.11 Å². The molecule has 3 aliphatic carbocycles. The van der Waals surface area contributed by atoms with Crippen molar-refractivity contribution in [1.82, 2.24) is 0 Å². The molecule has 1 N–H and O–H groups in total. The van der Waals surface area contributed by atoms with E-state index in [1.807, 2.05) is 0 Å². The number of rotatable bonds is 1. The lowest BCUT2D eigenvalue weighted by Crippen LogP contribution is -2.71. The maximum atomic E-state index is 12.8. The molecule has 1 heterocycles. The third-order valence-electron chi connectivity index (χ3n) is 7.63. The molecule has 4 nitrogen and oxygen atoms in total. The summed E-state index contributed by atoms with van der Waals surface area (Å²) in [4.78, 5) is 24.6. The van der Waals surface area contributed by atoms with Crippen LogP contribution in [-0.4, -0.2) is 22.3 Å². The van der Waals surface area contributed by atoms with Crippen LogP contribution in [0.1, 0.15) is 72.1 Å². The van der Waals surface area contributed by atoms with Gasteiger partial charge in [0.05, 0.1) is 5.41 Å². The van der Waals surface area contributed by atoms with E-state index in [-0.39, 0.29) is 11.2 Å². The molecule has 0 radical (unpaired) electrons. The molecule has 0 amide bonds. The molecule has 0 aromatic rings. The lowest BCUT2D eigenvalue weighted by molar-refractivity contribution is -0.540.